The van der Waals surface area contributed by atoms with Crippen LogP contribution in [0.2, 0.25) is 0 Å². The van der Waals surface area contributed by atoms with Gasteiger partial charge in [-0.15, -0.1) is 0 Å². The van der Waals surface area contributed by atoms with E-state index >= 15 is 0 Å². The highest BCUT2D eigenvalue weighted by Gasteiger charge is 2.01. The van der Waals surface area contributed by atoms with Gasteiger partial charge < -0.3 is 15.0 Å². The molecule has 0 unspecified atom stereocenters. The topological polar surface area (TPSA) is 78.4 Å². The van der Waals surface area contributed by atoms with E-state index in [2.05, 4.69) is 0 Å². The van der Waals surface area contributed by atoms with Gasteiger partial charge in [0.15, 0.2) is 0 Å². The first-order valence-corrected chi connectivity index (χ1v) is 4.24. The van der Waals surface area contributed by atoms with E-state index < -0.39 is 0 Å². The van der Waals surface area contributed by atoms with Crippen LogP contribution in [0.1, 0.15) is 0 Å². The van der Waals surface area contributed by atoms with Gasteiger partial charge in [-0.3, -0.25) is 0 Å². The van der Waals surface area contributed by atoms with Crippen molar-refractivity contribution in [2.75, 3.05) is 0 Å². The van der Waals surface area contributed by atoms with Crippen molar-refractivity contribution in [3.8, 4) is 0 Å². The maximum Gasteiger partial charge on any atom is 0.336 e. The van der Waals surface area contributed by atoms with Crippen molar-refractivity contribution in [2.45, 2.75) is 0 Å². The molecule has 2 aromatic heterocycles. The Morgan fingerprint density at radius 3 is 2.60 bits per heavy atom. The van der Waals surface area contributed by atoms with Crippen LogP contribution >= 0.6 is 0 Å². The van der Waals surface area contributed by atoms with Gasteiger partial charge in [-0.05, 0) is 18.2 Å². The second kappa shape index (κ2) is 3.25. The lowest BCUT2D eigenvalue weighted by atomic mass is 10.2. The summed E-state index contributed by atoms with van der Waals surface area (Å²) in [4.78, 5) is 11.0. The molecule has 0 saturated carbocycles. The van der Waals surface area contributed by atoms with E-state index in [-0.39, 0.29) is 11.8 Å². The normalized spacial score (nSPS) is 10.4. The quantitative estimate of drug-likeness (QED) is 0.569. The number of furan rings is 1. The smallest absolute Gasteiger partial charge is 0.336 e. The summed E-state index contributed by atoms with van der Waals surface area (Å²) in [6.07, 6.45) is 1.61. The van der Waals surface area contributed by atoms with Crippen molar-refractivity contribution < 1.29 is 8.83 Å². The Hall–Kier alpha value is -2.07. The van der Waals surface area contributed by atoms with Crippen molar-refractivity contribution in [1.29, 1.82) is 0 Å². The fourth-order valence-electron chi connectivity index (χ4n) is 1.53. The SMILES string of the molecule is N.O=c1ccc2cc3ccoc3cc2o1. The van der Waals surface area contributed by atoms with E-state index in [0.29, 0.717) is 5.58 Å². The van der Waals surface area contributed by atoms with E-state index in [4.69, 9.17) is 8.83 Å². The minimum absolute atomic E-state index is 0. The summed E-state index contributed by atoms with van der Waals surface area (Å²) in [7, 11) is 0. The molecule has 0 radical (unpaired) electrons. The largest absolute Gasteiger partial charge is 0.464 e. The molecule has 0 aliphatic rings. The average molecular weight is 203 g/mol. The second-order valence-corrected chi connectivity index (χ2v) is 3.10. The minimum atomic E-state index is -0.344. The predicted molar refractivity (Wildman–Crippen MR) is 57.3 cm³/mol. The van der Waals surface area contributed by atoms with Crippen LogP contribution in [0.25, 0.3) is 21.9 Å². The third-order valence-corrected chi connectivity index (χ3v) is 2.19. The van der Waals surface area contributed by atoms with E-state index in [1.54, 1.807) is 18.4 Å². The molecule has 0 saturated heterocycles. The van der Waals surface area contributed by atoms with E-state index in [1.165, 1.54) is 6.07 Å². The van der Waals surface area contributed by atoms with Gasteiger partial charge in [-0.2, -0.15) is 0 Å². The molecule has 3 aromatic rings. The lowest BCUT2D eigenvalue weighted by molar-refractivity contribution is 0.559. The third kappa shape index (κ3) is 1.41. The fraction of sp³-hybridized carbons (Fsp3) is 0. The predicted octanol–water partition coefficient (Wildman–Crippen LogP) is 2.70. The minimum Gasteiger partial charge on any atom is -0.464 e. The molecule has 3 rings (SSSR count). The summed E-state index contributed by atoms with van der Waals surface area (Å²) < 4.78 is 10.2. The molecule has 0 aliphatic carbocycles. The standard InChI is InChI=1S/C11H6O3.H3N/c12-11-2-1-7-5-8-3-4-13-9(8)6-10(7)14-11;/h1-6H;1H3. The molecular formula is C11H9NO3. The maximum atomic E-state index is 11.0. The Kier molecular flexibility index (Phi) is 2.06. The molecule has 0 bridgehead atoms. The number of fused-ring (bicyclic) bond motifs is 2. The Labute approximate surface area is 84.7 Å². The highest BCUT2D eigenvalue weighted by Crippen LogP contribution is 2.22. The number of hydrogen-bond acceptors (Lipinski definition) is 4. The van der Waals surface area contributed by atoms with Crippen LogP contribution in [0.15, 0.2) is 50.2 Å². The average Bonchev–Trinajstić information content (AvgIpc) is 2.61. The summed E-state index contributed by atoms with van der Waals surface area (Å²) >= 11 is 0. The first-order valence-electron chi connectivity index (χ1n) is 4.24. The first kappa shape index (κ1) is 9.48. The van der Waals surface area contributed by atoms with Crippen molar-refractivity contribution in [3.05, 3.63) is 47.0 Å². The Balaban J connectivity index is 0.000000853. The molecule has 4 nitrogen and oxygen atoms in total. The molecule has 0 atom stereocenters. The molecule has 4 heteroatoms. The van der Waals surface area contributed by atoms with Gasteiger partial charge in [0.25, 0.3) is 0 Å². The molecule has 0 fully saturated rings. The lowest BCUT2D eigenvalue weighted by Crippen LogP contribution is -1.93. The Morgan fingerprint density at radius 2 is 1.73 bits per heavy atom. The maximum absolute atomic E-state index is 11.0. The van der Waals surface area contributed by atoms with Crippen molar-refractivity contribution in [3.63, 3.8) is 0 Å². The van der Waals surface area contributed by atoms with Crippen LogP contribution in [-0.2, 0) is 0 Å². The zero-order valence-electron chi connectivity index (χ0n) is 7.90. The van der Waals surface area contributed by atoms with Crippen LogP contribution in [0, 0.1) is 0 Å². The molecule has 15 heavy (non-hydrogen) atoms. The first-order chi connectivity index (χ1) is 6.83. The Bertz CT molecular complexity index is 666. The highest BCUT2D eigenvalue weighted by atomic mass is 16.4. The molecular weight excluding hydrogens is 194 g/mol. The van der Waals surface area contributed by atoms with Gasteiger partial charge in [0.1, 0.15) is 11.2 Å². The monoisotopic (exact) mass is 203 g/mol. The van der Waals surface area contributed by atoms with E-state index in [9.17, 15) is 4.79 Å². The van der Waals surface area contributed by atoms with E-state index in [1.807, 2.05) is 12.1 Å². The molecule has 2 heterocycles. The van der Waals surface area contributed by atoms with Crippen molar-refractivity contribution in [1.82, 2.24) is 6.15 Å². The lowest BCUT2D eigenvalue weighted by Gasteiger charge is -1.94. The molecule has 3 N–H and O–H groups in total. The van der Waals surface area contributed by atoms with Crippen LogP contribution in [0.4, 0.5) is 0 Å². The van der Waals surface area contributed by atoms with Crippen molar-refractivity contribution in [2.24, 2.45) is 0 Å². The number of rotatable bonds is 0. The summed E-state index contributed by atoms with van der Waals surface area (Å²) in [5.41, 5.74) is 0.940. The fourth-order valence-corrected chi connectivity index (χ4v) is 1.53. The summed E-state index contributed by atoms with van der Waals surface area (Å²) in [6.45, 7) is 0. The molecule has 1 aromatic carbocycles. The Morgan fingerprint density at radius 1 is 0.933 bits per heavy atom. The van der Waals surface area contributed by atoms with Crippen LogP contribution < -0.4 is 11.8 Å². The molecule has 0 amide bonds. The van der Waals surface area contributed by atoms with Gasteiger partial charge >= 0.3 is 5.63 Å². The second-order valence-electron chi connectivity index (χ2n) is 3.10. The van der Waals surface area contributed by atoms with E-state index in [0.717, 1.165) is 16.4 Å². The summed E-state index contributed by atoms with van der Waals surface area (Å²) in [5.74, 6) is 0. The van der Waals surface area contributed by atoms with Gasteiger partial charge in [0.05, 0.1) is 6.26 Å². The summed E-state index contributed by atoms with van der Waals surface area (Å²) in [5, 5.41) is 1.91. The number of hydrogen-bond donors (Lipinski definition) is 1. The zero-order chi connectivity index (χ0) is 9.54. The third-order valence-electron chi connectivity index (χ3n) is 2.19. The molecule has 0 aliphatic heterocycles. The zero-order valence-corrected chi connectivity index (χ0v) is 7.90. The number of benzene rings is 1. The van der Waals surface area contributed by atoms with Gasteiger partial charge in [0.2, 0.25) is 0 Å². The molecule has 0 spiro atoms. The van der Waals surface area contributed by atoms with Crippen molar-refractivity contribution >= 4 is 21.9 Å². The van der Waals surface area contributed by atoms with Gasteiger partial charge in [-0.25, -0.2) is 4.79 Å². The van der Waals surface area contributed by atoms with Crippen LogP contribution in [-0.4, -0.2) is 0 Å². The van der Waals surface area contributed by atoms with Crippen LogP contribution in [0.5, 0.6) is 0 Å². The van der Waals surface area contributed by atoms with Gasteiger partial charge in [0, 0.05) is 22.9 Å². The van der Waals surface area contributed by atoms with Gasteiger partial charge in [-0.1, -0.05) is 0 Å². The summed E-state index contributed by atoms with van der Waals surface area (Å²) in [6, 6.07) is 8.69. The highest BCUT2D eigenvalue weighted by molar-refractivity contribution is 5.92. The molecule has 76 valence electrons. The van der Waals surface area contributed by atoms with Crippen LogP contribution in [0.3, 0.4) is 0 Å².